The minimum atomic E-state index is -6.00. The van der Waals surface area contributed by atoms with Crippen LogP contribution in [0.3, 0.4) is 0 Å². The van der Waals surface area contributed by atoms with Crippen molar-refractivity contribution in [3.05, 3.63) is 59.2 Å². The van der Waals surface area contributed by atoms with Crippen molar-refractivity contribution in [2.75, 3.05) is 11.1 Å². The first kappa shape index (κ1) is 27.8. The number of amides is 2. The number of benzene rings is 2. The summed E-state index contributed by atoms with van der Waals surface area (Å²) in [5, 5.41) is 20.6. The molecule has 0 fully saturated rings. The van der Waals surface area contributed by atoms with Gasteiger partial charge >= 0.3 is 18.4 Å². The van der Waals surface area contributed by atoms with Crippen molar-refractivity contribution in [3.8, 4) is 6.07 Å². The third-order valence-corrected chi connectivity index (χ3v) is 7.63. The van der Waals surface area contributed by atoms with Crippen molar-refractivity contribution in [2.24, 2.45) is 0 Å². The Bertz CT molecular complexity index is 1370. The average Bonchev–Trinajstić information content (AvgIpc) is 3.18. The summed E-state index contributed by atoms with van der Waals surface area (Å²) in [4.78, 5) is 25.3. The molecule has 0 aliphatic carbocycles. The Balaban J connectivity index is 1.95. The molecule has 1 unspecified atom stereocenters. The number of anilines is 1. The van der Waals surface area contributed by atoms with E-state index in [4.69, 9.17) is 5.26 Å². The summed E-state index contributed by atoms with van der Waals surface area (Å²) in [7, 11) is -3.63. The van der Waals surface area contributed by atoms with Gasteiger partial charge in [-0.25, -0.2) is 13.2 Å². The minimum Gasteiger partial charge on any atom is -0.465 e. The van der Waals surface area contributed by atoms with Crippen LogP contribution in [0.1, 0.15) is 29.7 Å². The lowest BCUT2D eigenvalue weighted by atomic mass is 9.80. The molecule has 198 valence electrons. The SMILES string of the molecule is CCS(=O)(=O)c1ccc2c(c1)CN(C(=O)O)C2C(=O)Nc1ccc(C(C#N)(C(F)(F)F)C(F)(F)F)cc1. The first-order valence-corrected chi connectivity index (χ1v) is 12.0. The molecular formula is C22H17F6N3O5S. The Labute approximate surface area is 206 Å². The fraction of sp³-hybridized carbons (Fsp3) is 0.318. The molecule has 15 heteroatoms. The third-order valence-electron chi connectivity index (χ3n) is 5.90. The first-order valence-electron chi connectivity index (χ1n) is 10.3. The lowest BCUT2D eigenvalue weighted by Gasteiger charge is -2.31. The van der Waals surface area contributed by atoms with Crippen molar-refractivity contribution in [1.82, 2.24) is 4.90 Å². The van der Waals surface area contributed by atoms with E-state index in [2.05, 4.69) is 5.32 Å². The number of fused-ring (bicyclic) bond motifs is 1. The smallest absolute Gasteiger partial charge is 0.420 e. The molecule has 0 aromatic heterocycles. The molecule has 2 aromatic rings. The zero-order chi connectivity index (χ0) is 28.0. The lowest BCUT2D eigenvalue weighted by molar-refractivity contribution is -0.283. The van der Waals surface area contributed by atoms with Gasteiger partial charge in [0.1, 0.15) is 6.04 Å². The van der Waals surface area contributed by atoms with Crippen molar-refractivity contribution >= 4 is 27.5 Å². The molecule has 1 heterocycles. The van der Waals surface area contributed by atoms with Gasteiger partial charge in [-0.15, -0.1) is 0 Å². The molecule has 1 aliphatic rings. The van der Waals surface area contributed by atoms with Crippen LogP contribution in [-0.4, -0.2) is 48.5 Å². The van der Waals surface area contributed by atoms with E-state index in [1.807, 2.05) is 0 Å². The molecule has 1 aliphatic heterocycles. The number of nitrogens with zero attached hydrogens (tertiary/aromatic N) is 2. The predicted octanol–water partition coefficient (Wildman–Crippen LogP) is 4.54. The molecule has 2 amide bonds. The number of halogens is 6. The number of nitriles is 1. The maximum Gasteiger partial charge on any atom is 0.420 e. The van der Waals surface area contributed by atoms with Gasteiger partial charge in [0.05, 0.1) is 23.3 Å². The standard InChI is InChI=1S/C22H17F6N3O5S/c1-2-37(35,36)15-7-8-16-12(9-15)10-31(19(33)34)17(16)18(32)30-14-5-3-13(4-6-14)20(11-29,21(23,24)25)22(26,27)28/h3-9,17H,2,10H2,1H3,(H,30,32)(H,33,34). The number of alkyl halides is 6. The van der Waals surface area contributed by atoms with Crippen LogP contribution < -0.4 is 5.32 Å². The van der Waals surface area contributed by atoms with Crippen molar-refractivity contribution < 1.29 is 49.5 Å². The van der Waals surface area contributed by atoms with Gasteiger partial charge in [-0.3, -0.25) is 9.69 Å². The molecule has 37 heavy (non-hydrogen) atoms. The Morgan fingerprint density at radius 3 is 2.11 bits per heavy atom. The normalized spacial score (nSPS) is 16.2. The molecule has 0 saturated heterocycles. The van der Waals surface area contributed by atoms with E-state index in [0.29, 0.717) is 35.2 Å². The number of nitrogens with one attached hydrogen (secondary N) is 1. The van der Waals surface area contributed by atoms with Crippen LogP contribution in [0.5, 0.6) is 0 Å². The van der Waals surface area contributed by atoms with Gasteiger partial charge in [0, 0.05) is 5.69 Å². The Morgan fingerprint density at radius 1 is 1.08 bits per heavy atom. The van der Waals surface area contributed by atoms with Crippen LogP contribution in [0.25, 0.3) is 0 Å². The molecule has 0 bridgehead atoms. The van der Waals surface area contributed by atoms with Crippen molar-refractivity contribution in [3.63, 3.8) is 0 Å². The van der Waals surface area contributed by atoms with Crippen LogP contribution in [-0.2, 0) is 26.6 Å². The lowest BCUT2D eigenvalue weighted by Crippen LogP contribution is -2.52. The first-order chi connectivity index (χ1) is 17.0. The van der Waals surface area contributed by atoms with Gasteiger partial charge in [0.2, 0.25) is 0 Å². The molecule has 0 spiro atoms. The van der Waals surface area contributed by atoms with E-state index in [9.17, 15) is 49.5 Å². The number of sulfone groups is 1. The number of hydrogen-bond donors (Lipinski definition) is 2. The van der Waals surface area contributed by atoms with E-state index in [-0.39, 0.29) is 34.0 Å². The van der Waals surface area contributed by atoms with Gasteiger partial charge in [-0.2, -0.15) is 31.6 Å². The van der Waals surface area contributed by atoms with Crippen molar-refractivity contribution in [1.29, 1.82) is 5.26 Å². The highest BCUT2D eigenvalue weighted by atomic mass is 32.2. The summed E-state index contributed by atoms with van der Waals surface area (Å²) in [5.41, 5.74) is -6.10. The van der Waals surface area contributed by atoms with Crippen LogP contribution in [0.4, 0.5) is 36.8 Å². The second-order valence-corrected chi connectivity index (χ2v) is 10.3. The monoisotopic (exact) mass is 549 g/mol. The van der Waals surface area contributed by atoms with Crippen LogP contribution in [0, 0.1) is 11.3 Å². The maximum atomic E-state index is 13.3. The van der Waals surface area contributed by atoms with Gasteiger partial charge in [-0.1, -0.05) is 25.1 Å². The highest BCUT2D eigenvalue weighted by Crippen LogP contribution is 2.51. The summed E-state index contributed by atoms with van der Waals surface area (Å²) in [6, 6.07) is 4.75. The molecule has 3 rings (SSSR count). The van der Waals surface area contributed by atoms with Gasteiger partial charge in [0.25, 0.3) is 11.3 Å². The Morgan fingerprint density at radius 2 is 1.65 bits per heavy atom. The highest BCUT2D eigenvalue weighted by Gasteiger charge is 2.72. The second-order valence-electron chi connectivity index (χ2n) is 8.00. The minimum absolute atomic E-state index is 0.0777. The van der Waals surface area contributed by atoms with E-state index in [0.717, 1.165) is 0 Å². The van der Waals surface area contributed by atoms with Gasteiger partial charge in [-0.05, 0) is 41.0 Å². The van der Waals surface area contributed by atoms with Crippen LogP contribution in [0.2, 0.25) is 0 Å². The third kappa shape index (κ3) is 4.68. The van der Waals surface area contributed by atoms with E-state index < -0.39 is 51.2 Å². The molecule has 2 aromatic carbocycles. The molecule has 2 N–H and O–H groups in total. The molecule has 0 radical (unpaired) electrons. The molecule has 8 nitrogen and oxygen atoms in total. The number of carbonyl (C=O) groups is 2. The number of carbonyl (C=O) groups excluding carboxylic acids is 1. The topological polar surface area (TPSA) is 128 Å². The summed E-state index contributed by atoms with van der Waals surface area (Å²) < 4.78 is 104. The molecule has 1 atom stereocenters. The summed E-state index contributed by atoms with van der Waals surface area (Å²) in [6.07, 6.45) is -13.5. The summed E-state index contributed by atoms with van der Waals surface area (Å²) in [6.45, 7) is 1.08. The van der Waals surface area contributed by atoms with Crippen LogP contribution >= 0.6 is 0 Å². The second kappa shape index (κ2) is 9.25. The molecule has 0 saturated carbocycles. The van der Waals surface area contributed by atoms with E-state index in [1.54, 1.807) is 0 Å². The van der Waals surface area contributed by atoms with Crippen LogP contribution in [0.15, 0.2) is 47.4 Å². The van der Waals surface area contributed by atoms with Gasteiger partial charge in [0.15, 0.2) is 9.84 Å². The fourth-order valence-corrected chi connectivity index (χ4v) is 4.87. The number of hydrogen-bond acceptors (Lipinski definition) is 5. The maximum absolute atomic E-state index is 13.3. The predicted molar refractivity (Wildman–Crippen MR) is 115 cm³/mol. The average molecular weight is 549 g/mol. The molecular weight excluding hydrogens is 532 g/mol. The number of rotatable bonds is 5. The zero-order valence-corrected chi connectivity index (χ0v) is 19.5. The highest BCUT2D eigenvalue weighted by molar-refractivity contribution is 7.91. The number of carboxylic acid groups (broad SMARTS) is 1. The van der Waals surface area contributed by atoms with Crippen molar-refractivity contribution in [2.45, 2.75) is 42.2 Å². The summed E-state index contributed by atoms with van der Waals surface area (Å²) in [5.74, 6) is -1.21. The fourth-order valence-electron chi connectivity index (χ4n) is 3.94. The van der Waals surface area contributed by atoms with Gasteiger partial charge < -0.3 is 10.4 Å². The zero-order valence-electron chi connectivity index (χ0n) is 18.7. The van der Waals surface area contributed by atoms with E-state index >= 15 is 0 Å². The largest absolute Gasteiger partial charge is 0.465 e. The quantitative estimate of drug-likeness (QED) is 0.528. The Kier molecular flexibility index (Phi) is 6.95. The summed E-state index contributed by atoms with van der Waals surface area (Å²) >= 11 is 0. The van der Waals surface area contributed by atoms with E-state index in [1.165, 1.54) is 25.1 Å². The Hall–Kier alpha value is -3.80.